The summed E-state index contributed by atoms with van der Waals surface area (Å²) in [5, 5.41) is 0. The fourth-order valence-corrected chi connectivity index (χ4v) is 2.05. The molecule has 1 atom stereocenters. The van der Waals surface area contributed by atoms with Gasteiger partial charge in [0.25, 0.3) is 0 Å². The minimum Gasteiger partial charge on any atom is -0.369 e. The molecule has 2 heterocycles. The van der Waals surface area contributed by atoms with Gasteiger partial charge >= 0.3 is 0 Å². The van der Waals surface area contributed by atoms with Crippen LogP contribution in [0.2, 0.25) is 0 Å². The smallest absolute Gasteiger partial charge is 0.202 e. The minimum atomic E-state index is 0.235. The SMILES string of the molecule is CC(Cn1c(N)nc2cc(Br)cnc21)C(C)(C)C. The van der Waals surface area contributed by atoms with Crippen molar-refractivity contribution in [3.05, 3.63) is 16.7 Å². The molecule has 0 aliphatic carbocycles. The zero-order valence-electron chi connectivity index (χ0n) is 11.2. The third-order valence-electron chi connectivity index (χ3n) is 3.52. The Morgan fingerprint density at radius 1 is 1.44 bits per heavy atom. The van der Waals surface area contributed by atoms with E-state index in [1.54, 1.807) is 6.20 Å². The third-order valence-corrected chi connectivity index (χ3v) is 3.95. The first kappa shape index (κ1) is 13.3. The molecule has 0 spiro atoms. The lowest BCUT2D eigenvalue weighted by atomic mass is 9.82. The summed E-state index contributed by atoms with van der Waals surface area (Å²) in [6, 6.07) is 1.94. The summed E-state index contributed by atoms with van der Waals surface area (Å²) in [5.41, 5.74) is 7.92. The van der Waals surface area contributed by atoms with E-state index in [2.05, 4.69) is 53.6 Å². The molecule has 0 saturated carbocycles. The number of fused-ring (bicyclic) bond motifs is 1. The quantitative estimate of drug-likeness (QED) is 0.924. The van der Waals surface area contributed by atoms with Crippen LogP contribution in [0.25, 0.3) is 11.2 Å². The topological polar surface area (TPSA) is 56.7 Å². The molecule has 0 saturated heterocycles. The van der Waals surface area contributed by atoms with E-state index in [4.69, 9.17) is 5.73 Å². The van der Waals surface area contributed by atoms with Crippen LogP contribution in [0.15, 0.2) is 16.7 Å². The molecule has 5 heteroatoms. The Hall–Kier alpha value is -1.10. The molecule has 0 bridgehead atoms. The Kier molecular flexibility index (Phi) is 3.36. The van der Waals surface area contributed by atoms with Gasteiger partial charge in [-0.25, -0.2) is 9.97 Å². The van der Waals surface area contributed by atoms with Gasteiger partial charge in [0.15, 0.2) is 5.65 Å². The van der Waals surface area contributed by atoms with E-state index in [0.29, 0.717) is 11.9 Å². The van der Waals surface area contributed by atoms with Crippen LogP contribution >= 0.6 is 15.9 Å². The van der Waals surface area contributed by atoms with E-state index in [1.165, 1.54) is 0 Å². The molecule has 2 rings (SSSR count). The standard InChI is InChI=1S/C13H19BrN4/c1-8(13(2,3)4)7-18-11-10(17-12(18)15)5-9(14)6-16-11/h5-6,8H,7H2,1-4H3,(H2,15,17). The van der Waals surface area contributed by atoms with Gasteiger partial charge in [-0.1, -0.05) is 27.7 Å². The van der Waals surface area contributed by atoms with Gasteiger partial charge in [0.2, 0.25) is 5.95 Å². The molecule has 0 aromatic carbocycles. The van der Waals surface area contributed by atoms with E-state index in [9.17, 15) is 0 Å². The predicted octanol–water partition coefficient (Wildman–Crippen LogP) is 3.46. The van der Waals surface area contributed by atoms with Crippen LogP contribution < -0.4 is 5.73 Å². The van der Waals surface area contributed by atoms with Gasteiger partial charge in [0.1, 0.15) is 5.52 Å². The highest BCUT2D eigenvalue weighted by molar-refractivity contribution is 9.10. The molecule has 0 aliphatic heterocycles. The van der Waals surface area contributed by atoms with E-state index >= 15 is 0 Å². The van der Waals surface area contributed by atoms with Crippen LogP contribution in [0.4, 0.5) is 5.95 Å². The van der Waals surface area contributed by atoms with Crippen molar-refractivity contribution in [3.8, 4) is 0 Å². The van der Waals surface area contributed by atoms with E-state index < -0.39 is 0 Å². The summed E-state index contributed by atoms with van der Waals surface area (Å²) in [6.45, 7) is 9.76. The molecular weight excluding hydrogens is 292 g/mol. The van der Waals surface area contributed by atoms with E-state index in [0.717, 1.165) is 22.2 Å². The minimum absolute atomic E-state index is 0.235. The number of imidazole rings is 1. The average molecular weight is 311 g/mol. The second-order valence-electron chi connectivity index (χ2n) is 5.84. The van der Waals surface area contributed by atoms with E-state index in [1.807, 2.05) is 10.6 Å². The van der Waals surface area contributed by atoms with Crippen molar-refractivity contribution in [2.45, 2.75) is 34.2 Å². The van der Waals surface area contributed by atoms with Crippen molar-refractivity contribution >= 4 is 33.0 Å². The Morgan fingerprint density at radius 2 is 2.11 bits per heavy atom. The second kappa shape index (κ2) is 4.53. The van der Waals surface area contributed by atoms with Crippen molar-refractivity contribution in [1.29, 1.82) is 0 Å². The zero-order chi connectivity index (χ0) is 13.5. The first-order valence-electron chi connectivity index (χ1n) is 6.06. The number of hydrogen-bond acceptors (Lipinski definition) is 3. The Bertz CT molecular complexity index is 568. The third kappa shape index (κ3) is 2.51. The maximum atomic E-state index is 5.99. The molecule has 2 aromatic heterocycles. The first-order chi connectivity index (χ1) is 8.29. The van der Waals surface area contributed by atoms with Gasteiger partial charge in [-0.3, -0.25) is 4.57 Å². The number of halogens is 1. The summed E-state index contributed by atoms with van der Waals surface area (Å²) in [7, 11) is 0. The normalized spacial score (nSPS) is 14.1. The maximum Gasteiger partial charge on any atom is 0.202 e. The summed E-state index contributed by atoms with van der Waals surface area (Å²) in [6.07, 6.45) is 1.78. The lowest BCUT2D eigenvalue weighted by molar-refractivity contribution is 0.235. The number of rotatable bonds is 2. The van der Waals surface area contributed by atoms with Crippen LogP contribution in [0, 0.1) is 11.3 Å². The molecule has 2 aromatic rings. The van der Waals surface area contributed by atoms with Gasteiger partial charge in [-0.15, -0.1) is 0 Å². The molecule has 0 aliphatic rings. The summed E-state index contributed by atoms with van der Waals surface area (Å²) >= 11 is 3.40. The van der Waals surface area contributed by atoms with Gasteiger partial charge in [0.05, 0.1) is 0 Å². The van der Waals surface area contributed by atoms with Crippen molar-refractivity contribution in [2.75, 3.05) is 5.73 Å². The summed E-state index contributed by atoms with van der Waals surface area (Å²) in [5.74, 6) is 1.02. The Labute approximate surface area is 116 Å². The molecule has 1 unspecified atom stereocenters. The lowest BCUT2D eigenvalue weighted by Gasteiger charge is -2.27. The number of aromatic nitrogens is 3. The van der Waals surface area contributed by atoms with Crippen LogP contribution in [0.3, 0.4) is 0 Å². The fourth-order valence-electron chi connectivity index (χ4n) is 1.73. The monoisotopic (exact) mass is 310 g/mol. The van der Waals surface area contributed by atoms with Crippen LogP contribution in [0.1, 0.15) is 27.7 Å². The van der Waals surface area contributed by atoms with Gasteiger partial charge in [-0.05, 0) is 33.3 Å². The highest BCUT2D eigenvalue weighted by Crippen LogP contribution is 2.29. The maximum absolute atomic E-state index is 5.99. The average Bonchev–Trinajstić information content (AvgIpc) is 2.53. The number of anilines is 1. The number of hydrogen-bond donors (Lipinski definition) is 1. The fraction of sp³-hybridized carbons (Fsp3) is 0.538. The lowest BCUT2D eigenvalue weighted by Crippen LogP contribution is -2.23. The van der Waals surface area contributed by atoms with Gasteiger partial charge < -0.3 is 5.73 Å². The predicted molar refractivity (Wildman–Crippen MR) is 78.3 cm³/mol. The van der Waals surface area contributed by atoms with Gasteiger partial charge in [0, 0.05) is 17.2 Å². The zero-order valence-corrected chi connectivity index (χ0v) is 12.8. The van der Waals surface area contributed by atoms with E-state index in [-0.39, 0.29) is 5.41 Å². The summed E-state index contributed by atoms with van der Waals surface area (Å²) < 4.78 is 2.92. The highest BCUT2D eigenvalue weighted by Gasteiger charge is 2.22. The molecular formula is C13H19BrN4. The Balaban J connectivity index is 2.42. The largest absolute Gasteiger partial charge is 0.369 e. The second-order valence-corrected chi connectivity index (χ2v) is 6.76. The van der Waals surface area contributed by atoms with Crippen LogP contribution in [0.5, 0.6) is 0 Å². The van der Waals surface area contributed by atoms with Crippen molar-refractivity contribution in [3.63, 3.8) is 0 Å². The first-order valence-corrected chi connectivity index (χ1v) is 6.85. The number of nitrogen functional groups attached to an aromatic ring is 1. The molecule has 2 N–H and O–H groups in total. The van der Waals surface area contributed by atoms with Crippen LogP contribution in [-0.2, 0) is 6.54 Å². The molecule has 0 fully saturated rings. The molecule has 0 amide bonds. The molecule has 18 heavy (non-hydrogen) atoms. The molecule has 0 radical (unpaired) electrons. The van der Waals surface area contributed by atoms with Crippen LogP contribution in [-0.4, -0.2) is 14.5 Å². The highest BCUT2D eigenvalue weighted by atomic mass is 79.9. The molecule has 98 valence electrons. The Morgan fingerprint density at radius 3 is 2.72 bits per heavy atom. The molecule has 4 nitrogen and oxygen atoms in total. The number of nitrogens with zero attached hydrogens (tertiary/aromatic N) is 3. The van der Waals surface area contributed by atoms with Crippen molar-refractivity contribution in [1.82, 2.24) is 14.5 Å². The summed E-state index contributed by atoms with van der Waals surface area (Å²) in [4.78, 5) is 8.77. The van der Waals surface area contributed by atoms with Gasteiger partial charge in [-0.2, -0.15) is 0 Å². The number of nitrogens with two attached hydrogens (primary N) is 1. The number of pyridine rings is 1. The van der Waals surface area contributed by atoms with Crippen molar-refractivity contribution in [2.24, 2.45) is 11.3 Å². The van der Waals surface area contributed by atoms with Crippen molar-refractivity contribution < 1.29 is 0 Å².